The minimum absolute atomic E-state index is 0.168. The van der Waals surface area contributed by atoms with Crippen molar-refractivity contribution in [2.24, 2.45) is 0 Å². The fourth-order valence-electron chi connectivity index (χ4n) is 1.42. The SMILES string of the molecule is CC(=O)c1ccc(NC(=O)C(Cl)(C(F)(F)F)C(F)(F)F)cc1. The van der Waals surface area contributed by atoms with Crippen molar-refractivity contribution in [3.63, 3.8) is 0 Å². The third kappa shape index (κ3) is 3.34. The quantitative estimate of drug-likeness (QED) is 0.511. The summed E-state index contributed by atoms with van der Waals surface area (Å²) in [7, 11) is 0. The van der Waals surface area contributed by atoms with Crippen molar-refractivity contribution >= 4 is 29.0 Å². The molecule has 0 saturated carbocycles. The summed E-state index contributed by atoms with van der Waals surface area (Å²) in [5.41, 5.74) is -0.199. The van der Waals surface area contributed by atoms with E-state index in [1.807, 2.05) is 0 Å². The predicted octanol–water partition coefficient (Wildman–Crippen LogP) is 3.93. The van der Waals surface area contributed by atoms with E-state index in [2.05, 4.69) is 11.6 Å². The second-order valence-corrected chi connectivity index (χ2v) is 4.81. The Labute approximate surface area is 125 Å². The molecule has 0 aliphatic rings. The highest BCUT2D eigenvalue weighted by atomic mass is 35.5. The van der Waals surface area contributed by atoms with Crippen LogP contribution in [0, 0.1) is 0 Å². The lowest BCUT2D eigenvalue weighted by Crippen LogP contribution is -2.60. The van der Waals surface area contributed by atoms with E-state index >= 15 is 0 Å². The number of benzene rings is 1. The minimum atomic E-state index is -6.05. The Bertz CT molecular complexity index is 565. The summed E-state index contributed by atoms with van der Waals surface area (Å²) in [6, 6.07) is 4.24. The lowest BCUT2D eigenvalue weighted by atomic mass is 10.1. The van der Waals surface area contributed by atoms with Crippen LogP contribution in [0.5, 0.6) is 0 Å². The van der Waals surface area contributed by atoms with Crippen LogP contribution in [0.15, 0.2) is 24.3 Å². The van der Waals surface area contributed by atoms with Crippen LogP contribution in [-0.4, -0.2) is 28.9 Å². The molecule has 10 heteroatoms. The maximum atomic E-state index is 12.6. The molecule has 0 fully saturated rings. The van der Waals surface area contributed by atoms with Gasteiger partial charge in [-0.05, 0) is 31.2 Å². The van der Waals surface area contributed by atoms with Gasteiger partial charge < -0.3 is 5.32 Å². The number of carbonyl (C=O) groups is 2. The number of nitrogens with one attached hydrogen (secondary N) is 1. The molecule has 0 aliphatic carbocycles. The molecule has 22 heavy (non-hydrogen) atoms. The van der Waals surface area contributed by atoms with Gasteiger partial charge in [0, 0.05) is 11.3 Å². The highest BCUT2D eigenvalue weighted by molar-refractivity contribution is 6.38. The van der Waals surface area contributed by atoms with Gasteiger partial charge in [0.1, 0.15) is 0 Å². The van der Waals surface area contributed by atoms with Crippen LogP contribution in [0.4, 0.5) is 32.0 Å². The molecule has 0 aromatic heterocycles. The topological polar surface area (TPSA) is 46.2 Å². The first-order valence-corrected chi connectivity index (χ1v) is 5.93. The second kappa shape index (κ2) is 5.79. The molecule has 0 radical (unpaired) electrons. The monoisotopic (exact) mass is 347 g/mol. The molecular formula is C12H8ClF6NO2. The van der Waals surface area contributed by atoms with Gasteiger partial charge in [-0.2, -0.15) is 26.3 Å². The number of amides is 1. The average molecular weight is 348 g/mol. The molecule has 0 spiro atoms. The fraction of sp³-hybridized carbons (Fsp3) is 0.333. The normalized spacial score (nSPS) is 12.9. The molecule has 0 saturated heterocycles. The molecule has 1 aromatic carbocycles. The fourth-order valence-corrected chi connectivity index (χ4v) is 1.47. The Kier molecular flexibility index (Phi) is 4.81. The lowest BCUT2D eigenvalue weighted by Gasteiger charge is -2.30. The zero-order valence-electron chi connectivity index (χ0n) is 10.8. The molecule has 0 atom stereocenters. The van der Waals surface area contributed by atoms with Crippen molar-refractivity contribution in [3.05, 3.63) is 29.8 Å². The van der Waals surface area contributed by atoms with Gasteiger partial charge in [-0.3, -0.25) is 9.59 Å². The average Bonchev–Trinajstić information content (AvgIpc) is 2.35. The van der Waals surface area contributed by atoms with E-state index in [-0.39, 0.29) is 17.0 Å². The van der Waals surface area contributed by atoms with E-state index in [9.17, 15) is 35.9 Å². The van der Waals surface area contributed by atoms with Crippen LogP contribution in [0.3, 0.4) is 0 Å². The van der Waals surface area contributed by atoms with E-state index < -0.39 is 23.1 Å². The van der Waals surface area contributed by atoms with Gasteiger partial charge in [0.25, 0.3) is 5.91 Å². The third-order valence-corrected chi connectivity index (χ3v) is 3.24. The van der Waals surface area contributed by atoms with E-state index in [1.54, 1.807) is 0 Å². The lowest BCUT2D eigenvalue weighted by molar-refractivity contribution is -0.258. The zero-order chi connectivity index (χ0) is 17.3. The third-order valence-electron chi connectivity index (χ3n) is 2.64. The van der Waals surface area contributed by atoms with Gasteiger partial charge in [0.2, 0.25) is 0 Å². The van der Waals surface area contributed by atoms with Crippen molar-refractivity contribution in [3.8, 4) is 0 Å². The molecule has 0 heterocycles. The molecule has 0 unspecified atom stereocenters. The van der Waals surface area contributed by atoms with Crippen LogP contribution in [0.1, 0.15) is 17.3 Å². The van der Waals surface area contributed by atoms with Gasteiger partial charge in [0.15, 0.2) is 5.78 Å². The standard InChI is InChI=1S/C12H8ClF6NO2/c1-6(21)7-2-4-8(5-3-7)20-9(22)10(13,11(14,15)16)12(17,18)19/h2-5H,1H3,(H,20,22). The van der Waals surface area contributed by atoms with Crippen LogP contribution in [0.25, 0.3) is 0 Å². The predicted molar refractivity (Wildman–Crippen MR) is 65.8 cm³/mol. The Balaban J connectivity index is 3.10. The summed E-state index contributed by atoms with van der Waals surface area (Å²) < 4.78 is 75.4. The Morgan fingerprint density at radius 1 is 0.955 bits per heavy atom. The summed E-state index contributed by atoms with van der Waals surface area (Å²) in [5.74, 6) is -2.85. The van der Waals surface area contributed by atoms with Gasteiger partial charge in [0.05, 0.1) is 0 Å². The highest BCUT2D eigenvalue weighted by Gasteiger charge is 2.75. The Morgan fingerprint density at radius 2 is 1.36 bits per heavy atom. The number of hydrogen-bond acceptors (Lipinski definition) is 2. The molecule has 122 valence electrons. The number of ketones is 1. The number of alkyl halides is 7. The summed E-state index contributed by atoms with van der Waals surface area (Å²) in [4.78, 5) is 17.3. The zero-order valence-corrected chi connectivity index (χ0v) is 11.5. The van der Waals surface area contributed by atoms with Gasteiger partial charge in [-0.15, -0.1) is 0 Å². The molecule has 3 nitrogen and oxygen atoms in total. The van der Waals surface area contributed by atoms with Crippen LogP contribution < -0.4 is 5.32 Å². The van der Waals surface area contributed by atoms with E-state index in [1.165, 1.54) is 12.2 Å². The molecular weight excluding hydrogens is 340 g/mol. The first-order chi connectivity index (χ1) is 9.80. The van der Waals surface area contributed by atoms with E-state index in [0.717, 1.165) is 24.3 Å². The molecule has 0 bridgehead atoms. The van der Waals surface area contributed by atoms with Gasteiger partial charge >= 0.3 is 17.2 Å². The number of hydrogen-bond donors (Lipinski definition) is 1. The van der Waals surface area contributed by atoms with E-state index in [0.29, 0.717) is 0 Å². The van der Waals surface area contributed by atoms with Gasteiger partial charge in [-0.25, -0.2) is 0 Å². The summed E-state index contributed by atoms with van der Waals surface area (Å²) >= 11 is 4.56. The number of Topliss-reactive ketones (excluding diaryl/α,β-unsaturated/α-hetero) is 1. The first kappa shape index (κ1) is 18.3. The van der Waals surface area contributed by atoms with Crippen LogP contribution in [0.2, 0.25) is 0 Å². The highest BCUT2D eigenvalue weighted by Crippen LogP contribution is 2.48. The Hall–Kier alpha value is -1.77. The van der Waals surface area contributed by atoms with Crippen LogP contribution in [-0.2, 0) is 4.79 Å². The Morgan fingerprint density at radius 3 is 1.68 bits per heavy atom. The van der Waals surface area contributed by atoms with E-state index in [4.69, 9.17) is 0 Å². The number of halogens is 7. The number of carbonyl (C=O) groups excluding carboxylic acids is 2. The maximum absolute atomic E-state index is 12.6. The summed E-state index contributed by atoms with van der Waals surface area (Å²) in [5, 5.41) is 1.44. The second-order valence-electron chi connectivity index (χ2n) is 4.24. The smallest absolute Gasteiger partial charge is 0.324 e. The van der Waals surface area contributed by atoms with Crippen molar-refractivity contribution in [1.82, 2.24) is 0 Å². The largest absolute Gasteiger partial charge is 0.425 e. The molecule has 1 N–H and O–H groups in total. The van der Waals surface area contributed by atoms with Crippen molar-refractivity contribution in [2.45, 2.75) is 24.2 Å². The molecule has 1 rings (SSSR count). The molecule has 0 aliphatic heterocycles. The molecule has 1 aromatic rings. The van der Waals surface area contributed by atoms with Crippen LogP contribution >= 0.6 is 11.6 Å². The minimum Gasteiger partial charge on any atom is -0.324 e. The first-order valence-electron chi connectivity index (χ1n) is 5.55. The van der Waals surface area contributed by atoms with Crippen molar-refractivity contribution in [1.29, 1.82) is 0 Å². The van der Waals surface area contributed by atoms with Crippen molar-refractivity contribution in [2.75, 3.05) is 5.32 Å². The summed E-state index contributed by atoms with van der Waals surface area (Å²) in [6.07, 6.45) is -12.1. The van der Waals surface area contributed by atoms with Crippen molar-refractivity contribution < 1.29 is 35.9 Å². The molecule has 1 amide bonds. The maximum Gasteiger partial charge on any atom is 0.425 e. The summed E-state index contributed by atoms with van der Waals surface area (Å²) in [6.45, 7) is 1.21. The van der Waals surface area contributed by atoms with Gasteiger partial charge in [-0.1, -0.05) is 11.6 Å². The number of rotatable bonds is 3. The number of anilines is 1.